The van der Waals surface area contributed by atoms with Gasteiger partial charge >= 0.3 is 11.9 Å². The zero-order valence-corrected chi connectivity index (χ0v) is 12.8. The number of carbonyl (C=O) groups excluding carboxylic acids is 1. The van der Waals surface area contributed by atoms with Crippen LogP contribution in [0.15, 0.2) is 0 Å². The van der Waals surface area contributed by atoms with Crippen molar-refractivity contribution in [2.75, 3.05) is 6.61 Å². The van der Waals surface area contributed by atoms with Gasteiger partial charge in [0, 0.05) is 0 Å². The summed E-state index contributed by atoms with van der Waals surface area (Å²) < 4.78 is 5.16. The van der Waals surface area contributed by atoms with Gasteiger partial charge in [-0.1, -0.05) is 52.4 Å². The minimum Gasteiger partial charge on any atom is -0.481 e. The van der Waals surface area contributed by atoms with Crippen LogP contribution in [0.25, 0.3) is 0 Å². The number of aliphatic carboxylic acids is 1. The molecule has 0 aliphatic heterocycles. The van der Waals surface area contributed by atoms with Gasteiger partial charge in [0.05, 0.1) is 18.4 Å². The van der Waals surface area contributed by atoms with Crippen LogP contribution >= 0.6 is 0 Å². The quantitative estimate of drug-likeness (QED) is 0.546. The molecule has 1 N–H and O–H groups in total. The van der Waals surface area contributed by atoms with Crippen molar-refractivity contribution >= 4 is 11.9 Å². The Balaban J connectivity index is 2.50. The van der Waals surface area contributed by atoms with Crippen LogP contribution in [0.5, 0.6) is 0 Å². The molecule has 0 radical (unpaired) electrons. The average Bonchev–Trinajstić information content (AvgIpc) is 2.45. The minimum atomic E-state index is -0.865. The fourth-order valence-corrected chi connectivity index (χ4v) is 2.91. The Hall–Kier alpha value is -1.06. The first-order chi connectivity index (χ1) is 9.56. The van der Waals surface area contributed by atoms with Crippen LogP contribution in [0.4, 0.5) is 0 Å². The third-order valence-electron chi connectivity index (χ3n) is 4.35. The van der Waals surface area contributed by atoms with Gasteiger partial charge in [-0.3, -0.25) is 9.59 Å². The lowest BCUT2D eigenvalue weighted by Crippen LogP contribution is -2.31. The fourth-order valence-electron chi connectivity index (χ4n) is 2.91. The molecule has 1 aliphatic carbocycles. The van der Waals surface area contributed by atoms with Gasteiger partial charge in [0.25, 0.3) is 0 Å². The van der Waals surface area contributed by atoms with E-state index in [0.29, 0.717) is 18.9 Å². The van der Waals surface area contributed by atoms with Gasteiger partial charge in [-0.15, -0.1) is 0 Å². The summed E-state index contributed by atoms with van der Waals surface area (Å²) >= 11 is 0. The highest BCUT2D eigenvalue weighted by atomic mass is 16.5. The monoisotopic (exact) mass is 284 g/mol. The van der Waals surface area contributed by atoms with E-state index < -0.39 is 17.8 Å². The van der Waals surface area contributed by atoms with E-state index in [-0.39, 0.29) is 5.97 Å². The number of carboxylic acids is 1. The molecule has 4 nitrogen and oxygen atoms in total. The number of ether oxygens (including phenoxy) is 1. The van der Waals surface area contributed by atoms with E-state index >= 15 is 0 Å². The molecule has 0 spiro atoms. The third-order valence-corrected chi connectivity index (χ3v) is 4.35. The van der Waals surface area contributed by atoms with Gasteiger partial charge in [0.15, 0.2) is 0 Å². The molecule has 2 atom stereocenters. The Morgan fingerprint density at radius 2 is 1.90 bits per heavy atom. The second-order valence-electron chi connectivity index (χ2n) is 5.99. The van der Waals surface area contributed by atoms with E-state index in [0.717, 1.165) is 25.7 Å². The molecule has 0 bridgehead atoms. The molecule has 0 heterocycles. The molecule has 0 aromatic heterocycles. The number of hydrogen-bond donors (Lipinski definition) is 1. The molecule has 4 heteroatoms. The standard InChI is InChI=1S/C16H28O4/c1-3-4-10-20-16(19)12(2)14(15(17)18)11-13-8-6-5-7-9-13/h12-14H,3-11H2,1-2H3,(H,17,18)/t12-,14+/m0/s1. The maximum absolute atomic E-state index is 11.9. The smallest absolute Gasteiger partial charge is 0.309 e. The van der Waals surface area contributed by atoms with Crippen molar-refractivity contribution in [2.24, 2.45) is 17.8 Å². The van der Waals surface area contributed by atoms with E-state index in [1.807, 2.05) is 6.92 Å². The highest BCUT2D eigenvalue weighted by molar-refractivity contribution is 5.80. The summed E-state index contributed by atoms with van der Waals surface area (Å²) in [6.07, 6.45) is 8.23. The van der Waals surface area contributed by atoms with Crippen molar-refractivity contribution in [3.05, 3.63) is 0 Å². The minimum absolute atomic E-state index is 0.360. The van der Waals surface area contributed by atoms with Crippen LogP contribution in [-0.4, -0.2) is 23.7 Å². The zero-order chi connectivity index (χ0) is 15.0. The summed E-state index contributed by atoms with van der Waals surface area (Å²) in [4.78, 5) is 23.4. The van der Waals surface area contributed by atoms with Crippen LogP contribution in [0.1, 0.15) is 65.2 Å². The first kappa shape index (κ1) is 17.0. The lowest BCUT2D eigenvalue weighted by molar-refractivity contribution is -0.157. The van der Waals surface area contributed by atoms with Crippen LogP contribution in [0.2, 0.25) is 0 Å². The Morgan fingerprint density at radius 1 is 1.25 bits per heavy atom. The Kier molecular flexibility index (Phi) is 7.63. The zero-order valence-electron chi connectivity index (χ0n) is 12.8. The topological polar surface area (TPSA) is 63.6 Å². The van der Waals surface area contributed by atoms with Crippen molar-refractivity contribution in [3.8, 4) is 0 Å². The van der Waals surface area contributed by atoms with Crippen molar-refractivity contribution in [3.63, 3.8) is 0 Å². The predicted octanol–water partition coefficient (Wildman–Crippen LogP) is 3.64. The van der Waals surface area contributed by atoms with Crippen LogP contribution < -0.4 is 0 Å². The summed E-state index contributed by atoms with van der Waals surface area (Å²) in [5.41, 5.74) is 0. The molecular weight excluding hydrogens is 256 g/mol. The summed E-state index contributed by atoms with van der Waals surface area (Å²) in [7, 11) is 0. The molecule has 0 aromatic rings. The maximum Gasteiger partial charge on any atom is 0.309 e. The third kappa shape index (κ3) is 5.51. The van der Waals surface area contributed by atoms with Gasteiger partial charge in [-0.25, -0.2) is 0 Å². The number of rotatable bonds is 8. The van der Waals surface area contributed by atoms with Crippen molar-refractivity contribution in [1.82, 2.24) is 0 Å². The number of carboxylic acid groups (broad SMARTS) is 1. The van der Waals surface area contributed by atoms with Gasteiger partial charge in [0.1, 0.15) is 0 Å². The predicted molar refractivity (Wildman–Crippen MR) is 77.3 cm³/mol. The summed E-state index contributed by atoms with van der Waals surface area (Å²) in [6.45, 7) is 4.12. The number of hydrogen-bond acceptors (Lipinski definition) is 3. The molecule has 0 saturated heterocycles. The van der Waals surface area contributed by atoms with Crippen molar-refractivity contribution in [1.29, 1.82) is 0 Å². The molecule has 1 rings (SSSR count). The highest BCUT2D eigenvalue weighted by Gasteiger charge is 2.33. The number of unbranched alkanes of at least 4 members (excludes halogenated alkanes) is 1. The molecule has 1 fully saturated rings. The Labute approximate surface area is 121 Å². The molecule has 20 heavy (non-hydrogen) atoms. The van der Waals surface area contributed by atoms with E-state index in [4.69, 9.17) is 4.74 Å². The second kappa shape index (κ2) is 8.98. The van der Waals surface area contributed by atoms with Gasteiger partial charge in [0.2, 0.25) is 0 Å². The fraction of sp³-hybridized carbons (Fsp3) is 0.875. The van der Waals surface area contributed by atoms with E-state index in [1.165, 1.54) is 19.3 Å². The Bertz CT molecular complexity index is 308. The SMILES string of the molecule is CCCCOC(=O)[C@@H](C)[C@@H](CC1CCCCC1)C(=O)O. The van der Waals surface area contributed by atoms with Gasteiger partial charge in [-0.2, -0.15) is 0 Å². The second-order valence-corrected chi connectivity index (χ2v) is 5.99. The summed E-state index contributed by atoms with van der Waals surface area (Å²) in [5, 5.41) is 9.39. The Morgan fingerprint density at radius 3 is 2.45 bits per heavy atom. The van der Waals surface area contributed by atoms with Gasteiger partial charge < -0.3 is 9.84 Å². The van der Waals surface area contributed by atoms with E-state index in [9.17, 15) is 14.7 Å². The lowest BCUT2D eigenvalue weighted by Gasteiger charge is -2.26. The first-order valence-corrected chi connectivity index (χ1v) is 7.95. The lowest BCUT2D eigenvalue weighted by atomic mass is 9.79. The summed E-state index contributed by atoms with van der Waals surface area (Å²) in [5.74, 6) is -1.92. The first-order valence-electron chi connectivity index (χ1n) is 7.95. The molecule has 1 aliphatic rings. The van der Waals surface area contributed by atoms with E-state index in [1.54, 1.807) is 6.92 Å². The van der Waals surface area contributed by atoms with Crippen LogP contribution in [-0.2, 0) is 14.3 Å². The molecule has 0 amide bonds. The van der Waals surface area contributed by atoms with E-state index in [2.05, 4.69) is 0 Å². The van der Waals surface area contributed by atoms with Crippen molar-refractivity contribution < 1.29 is 19.4 Å². The highest BCUT2D eigenvalue weighted by Crippen LogP contribution is 2.32. The molecular formula is C16H28O4. The molecule has 1 saturated carbocycles. The molecule has 116 valence electrons. The number of esters is 1. The van der Waals surface area contributed by atoms with Crippen molar-refractivity contribution in [2.45, 2.75) is 65.2 Å². The number of carbonyl (C=O) groups is 2. The normalized spacial score (nSPS) is 19.3. The molecule has 0 aromatic carbocycles. The van der Waals surface area contributed by atoms with Crippen LogP contribution in [0.3, 0.4) is 0 Å². The maximum atomic E-state index is 11.9. The average molecular weight is 284 g/mol. The molecule has 0 unspecified atom stereocenters. The summed E-state index contributed by atoms with van der Waals surface area (Å²) in [6, 6.07) is 0. The van der Waals surface area contributed by atoms with Gasteiger partial charge in [-0.05, 0) is 18.8 Å². The largest absolute Gasteiger partial charge is 0.481 e. The van der Waals surface area contributed by atoms with Crippen LogP contribution in [0, 0.1) is 17.8 Å².